The van der Waals surface area contributed by atoms with Crippen molar-refractivity contribution in [2.75, 3.05) is 6.61 Å². The molecule has 1 aliphatic heterocycles. The predicted molar refractivity (Wildman–Crippen MR) is 104 cm³/mol. The number of amides is 1. The maximum atomic E-state index is 12.9. The minimum absolute atomic E-state index is 0.0342. The Kier molecular flexibility index (Phi) is 5.31. The third-order valence-corrected chi connectivity index (χ3v) is 4.98. The Morgan fingerprint density at radius 1 is 1.19 bits per heavy atom. The summed E-state index contributed by atoms with van der Waals surface area (Å²) in [6, 6.07) is 5.74. The highest BCUT2D eigenvalue weighted by atomic mass is 16.5. The lowest BCUT2D eigenvalue weighted by molar-refractivity contribution is -0.122. The zero-order valence-electron chi connectivity index (χ0n) is 16.8. The molecule has 0 saturated heterocycles. The summed E-state index contributed by atoms with van der Waals surface area (Å²) in [6.07, 6.45) is 1.53. The van der Waals surface area contributed by atoms with Gasteiger partial charge in [-0.1, -0.05) is 19.9 Å². The molecule has 1 heterocycles. The molecule has 3 rings (SSSR count). The normalized spacial score (nSPS) is 21.8. The molecule has 5 nitrogen and oxygen atoms in total. The number of carbonyl (C=O) groups is 2. The summed E-state index contributed by atoms with van der Waals surface area (Å²) in [5, 5.41) is 2.95. The minimum atomic E-state index is -0.232. The van der Waals surface area contributed by atoms with Gasteiger partial charge >= 0.3 is 0 Å². The lowest BCUT2D eigenvalue weighted by atomic mass is 9.70. The van der Waals surface area contributed by atoms with Crippen LogP contribution < -0.4 is 14.8 Å². The van der Waals surface area contributed by atoms with Crippen molar-refractivity contribution in [2.24, 2.45) is 5.41 Å². The molecular weight excluding hydrogens is 342 g/mol. The van der Waals surface area contributed by atoms with Gasteiger partial charge in [-0.15, -0.1) is 0 Å². The Hall–Kier alpha value is -2.30. The molecule has 0 aromatic heterocycles. The maximum absolute atomic E-state index is 12.9. The number of rotatable bonds is 5. The van der Waals surface area contributed by atoms with E-state index < -0.39 is 0 Å². The number of benzene rings is 1. The Morgan fingerprint density at radius 2 is 1.93 bits per heavy atom. The van der Waals surface area contributed by atoms with Gasteiger partial charge in [0.25, 0.3) is 0 Å². The first-order valence-corrected chi connectivity index (χ1v) is 9.69. The van der Waals surface area contributed by atoms with Crippen LogP contribution in [0.15, 0.2) is 29.5 Å². The zero-order valence-corrected chi connectivity index (χ0v) is 16.8. The highest BCUT2D eigenvalue weighted by Gasteiger charge is 2.40. The van der Waals surface area contributed by atoms with Crippen LogP contribution in [-0.4, -0.2) is 24.4 Å². The number of ether oxygens (including phenoxy) is 2. The molecule has 0 saturated carbocycles. The highest BCUT2D eigenvalue weighted by Crippen LogP contribution is 2.45. The summed E-state index contributed by atoms with van der Waals surface area (Å²) in [6.45, 7) is 10.5. The van der Waals surface area contributed by atoms with E-state index in [1.165, 1.54) is 0 Å². The van der Waals surface area contributed by atoms with E-state index in [0.29, 0.717) is 30.9 Å². The summed E-state index contributed by atoms with van der Waals surface area (Å²) in [7, 11) is 0. The van der Waals surface area contributed by atoms with E-state index in [-0.39, 0.29) is 35.5 Å². The van der Waals surface area contributed by atoms with Gasteiger partial charge in [0.15, 0.2) is 17.3 Å². The van der Waals surface area contributed by atoms with Crippen molar-refractivity contribution in [2.45, 2.75) is 65.9 Å². The smallest absolute Gasteiger partial charge is 0.225 e. The third-order valence-electron chi connectivity index (χ3n) is 4.98. The topological polar surface area (TPSA) is 64.6 Å². The quantitative estimate of drug-likeness (QED) is 0.846. The molecule has 2 aliphatic rings. The first-order chi connectivity index (χ1) is 12.7. The fourth-order valence-corrected chi connectivity index (χ4v) is 4.00. The molecule has 1 aromatic carbocycles. The molecule has 1 aromatic rings. The Labute approximate surface area is 161 Å². The van der Waals surface area contributed by atoms with Gasteiger partial charge in [0.05, 0.1) is 12.7 Å². The van der Waals surface area contributed by atoms with Crippen molar-refractivity contribution in [3.63, 3.8) is 0 Å². The molecule has 0 fully saturated rings. The van der Waals surface area contributed by atoms with Crippen molar-refractivity contribution >= 4 is 11.7 Å². The average Bonchev–Trinajstić information content (AvgIpc) is 2.53. The third kappa shape index (κ3) is 4.18. The van der Waals surface area contributed by atoms with Crippen molar-refractivity contribution in [3.05, 3.63) is 35.0 Å². The molecule has 27 heavy (non-hydrogen) atoms. The summed E-state index contributed by atoms with van der Waals surface area (Å²) in [5.74, 6) is 1.20. The van der Waals surface area contributed by atoms with Gasteiger partial charge in [-0.2, -0.15) is 0 Å². The van der Waals surface area contributed by atoms with Gasteiger partial charge in [-0.25, -0.2) is 0 Å². The van der Waals surface area contributed by atoms with E-state index in [0.717, 1.165) is 16.8 Å². The Balaban J connectivity index is 2.02. The van der Waals surface area contributed by atoms with Gasteiger partial charge in [-0.05, 0) is 50.3 Å². The van der Waals surface area contributed by atoms with Gasteiger partial charge in [0.1, 0.15) is 0 Å². The zero-order chi connectivity index (χ0) is 19.8. The SMILES string of the molecule is CCOc1cc([C@H]2CC(=O)NC3=C2C(=O)CC(C)(C)C3)ccc1OC(C)C. The largest absolute Gasteiger partial charge is 0.490 e. The number of ketones is 1. The van der Waals surface area contributed by atoms with Crippen molar-refractivity contribution in [1.82, 2.24) is 5.32 Å². The second-order valence-corrected chi connectivity index (χ2v) is 8.44. The van der Waals surface area contributed by atoms with E-state index >= 15 is 0 Å². The summed E-state index contributed by atoms with van der Waals surface area (Å²) in [5.41, 5.74) is 2.34. The molecule has 1 amide bonds. The summed E-state index contributed by atoms with van der Waals surface area (Å²) >= 11 is 0. The van der Waals surface area contributed by atoms with Gasteiger partial charge in [0.2, 0.25) is 5.91 Å². The van der Waals surface area contributed by atoms with E-state index in [9.17, 15) is 9.59 Å². The molecule has 0 unspecified atom stereocenters. The van der Waals surface area contributed by atoms with Gasteiger partial charge in [-0.3, -0.25) is 9.59 Å². The van der Waals surface area contributed by atoms with Crippen LogP contribution in [0.25, 0.3) is 0 Å². The van der Waals surface area contributed by atoms with E-state index in [1.807, 2.05) is 39.0 Å². The van der Waals surface area contributed by atoms with Crippen LogP contribution in [0.5, 0.6) is 11.5 Å². The molecule has 1 N–H and O–H groups in total. The molecule has 1 atom stereocenters. The van der Waals surface area contributed by atoms with E-state index in [4.69, 9.17) is 9.47 Å². The summed E-state index contributed by atoms with van der Waals surface area (Å²) in [4.78, 5) is 25.2. The average molecular weight is 371 g/mol. The lowest BCUT2D eigenvalue weighted by Crippen LogP contribution is -2.40. The fourth-order valence-electron chi connectivity index (χ4n) is 4.00. The lowest BCUT2D eigenvalue weighted by Gasteiger charge is -2.38. The maximum Gasteiger partial charge on any atom is 0.225 e. The number of carbonyl (C=O) groups excluding carboxylic acids is 2. The highest BCUT2D eigenvalue weighted by molar-refractivity contribution is 6.02. The first kappa shape index (κ1) is 19.5. The number of allylic oxidation sites excluding steroid dienone is 2. The number of hydrogen-bond acceptors (Lipinski definition) is 4. The number of hydrogen-bond donors (Lipinski definition) is 1. The Morgan fingerprint density at radius 3 is 2.59 bits per heavy atom. The van der Waals surface area contributed by atoms with Crippen LogP contribution in [0, 0.1) is 5.41 Å². The molecule has 0 spiro atoms. The molecule has 5 heteroatoms. The van der Waals surface area contributed by atoms with Crippen LogP contribution in [0.2, 0.25) is 0 Å². The number of nitrogens with one attached hydrogen (secondary N) is 1. The molecule has 146 valence electrons. The monoisotopic (exact) mass is 371 g/mol. The van der Waals surface area contributed by atoms with Crippen LogP contribution in [0.1, 0.15) is 65.4 Å². The molecule has 0 bridgehead atoms. The fraction of sp³-hybridized carbons (Fsp3) is 0.545. The van der Waals surface area contributed by atoms with Crippen molar-refractivity contribution in [1.29, 1.82) is 0 Å². The second-order valence-electron chi connectivity index (χ2n) is 8.44. The van der Waals surface area contributed by atoms with E-state index in [1.54, 1.807) is 0 Å². The first-order valence-electron chi connectivity index (χ1n) is 9.69. The second kappa shape index (κ2) is 7.37. The molecule has 0 radical (unpaired) electrons. The van der Waals surface area contributed by atoms with Crippen molar-refractivity contribution < 1.29 is 19.1 Å². The molecule has 1 aliphatic carbocycles. The van der Waals surface area contributed by atoms with Crippen LogP contribution in [0.4, 0.5) is 0 Å². The summed E-state index contributed by atoms with van der Waals surface area (Å²) < 4.78 is 11.6. The number of Topliss-reactive ketones (excluding diaryl/α,β-unsaturated/α-hetero) is 1. The van der Waals surface area contributed by atoms with Crippen LogP contribution in [0.3, 0.4) is 0 Å². The van der Waals surface area contributed by atoms with E-state index in [2.05, 4.69) is 19.2 Å². The molecular formula is C22H29NO4. The predicted octanol–water partition coefficient (Wildman–Crippen LogP) is 4.12. The standard InChI is InChI=1S/C22H29NO4/c1-6-26-19-9-14(7-8-18(19)27-13(2)3)15-10-20(25)23-16-11-22(4,5)12-17(24)21(15)16/h7-9,13,15H,6,10-12H2,1-5H3,(H,23,25)/t15-/m1/s1. The van der Waals surface area contributed by atoms with Crippen molar-refractivity contribution in [3.8, 4) is 11.5 Å². The van der Waals surface area contributed by atoms with Gasteiger partial charge in [0, 0.05) is 30.0 Å². The van der Waals surface area contributed by atoms with Crippen LogP contribution >= 0.6 is 0 Å². The van der Waals surface area contributed by atoms with Crippen LogP contribution in [-0.2, 0) is 9.59 Å². The van der Waals surface area contributed by atoms with Gasteiger partial charge < -0.3 is 14.8 Å². The Bertz CT molecular complexity index is 792. The minimum Gasteiger partial charge on any atom is -0.490 e.